The molecule has 0 aliphatic rings. The summed E-state index contributed by atoms with van der Waals surface area (Å²) < 4.78 is 5.02. The quantitative estimate of drug-likeness (QED) is 0.252. The number of methoxy groups -OCH3 is 1. The largest absolute Gasteiger partial charge is 0.383 e. The Morgan fingerprint density at radius 2 is 2.24 bits per heavy atom. The summed E-state index contributed by atoms with van der Waals surface area (Å²) in [7, 11) is 1.67. The molecule has 0 bridgehead atoms. The number of pyridine rings is 1. The topological polar surface area (TPSA) is 84.6 Å². The molecular formula is C14H26IN5O. The number of nitrogens with one attached hydrogen (secondary N) is 2. The molecule has 7 heteroatoms. The van der Waals surface area contributed by atoms with E-state index in [-0.39, 0.29) is 30.0 Å². The van der Waals surface area contributed by atoms with Crippen LogP contribution in [0.5, 0.6) is 0 Å². The molecule has 0 saturated carbocycles. The van der Waals surface area contributed by atoms with Crippen LogP contribution in [0.25, 0.3) is 0 Å². The maximum Gasteiger partial charge on any atom is 0.188 e. The Balaban J connectivity index is 0.00000400. The van der Waals surface area contributed by atoms with E-state index in [0.29, 0.717) is 12.6 Å². The van der Waals surface area contributed by atoms with Gasteiger partial charge in [-0.25, -0.2) is 4.98 Å². The Morgan fingerprint density at radius 3 is 2.90 bits per heavy atom. The number of nitrogens with zero attached hydrogens (tertiary/aromatic N) is 2. The molecule has 0 saturated heterocycles. The molecule has 120 valence electrons. The zero-order valence-corrected chi connectivity index (χ0v) is 15.0. The van der Waals surface area contributed by atoms with E-state index in [4.69, 9.17) is 10.5 Å². The van der Waals surface area contributed by atoms with Crippen molar-refractivity contribution in [1.82, 2.24) is 10.3 Å². The molecule has 1 aromatic rings. The Kier molecular flexibility index (Phi) is 12.0. The Morgan fingerprint density at radius 1 is 1.43 bits per heavy atom. The van der Waals surface area contributed by atoms with E-state index in [1.165, 1.54) is 0 Å². The van der Waals surface area contributed by atoms with Crippen LogP contribution in [0.3, 0.4) is 0 Å². The molecule has 0 amide bonds. The fourth-order valence-electron chi connectivity index (χ4n) is 1.71. The van der Waals surface area contributed by atoms with Crippen molar-refractivity contribution < 1.29 is 4.74 Å². The summed E-state index contributed by atoms with van der Waals surface area (Å²) in [4.78, 5) is 8.47. The highest BCUT2D eigenvalue weighted by Gasteiger charge is 2.00. The SMILES string of the molecule is COCC(C)NC(N)=NCCCCNc1ccccn1.I. The van der Waals surface area contributed by atoms with E-state index in [9.17, 15) is 0 Å². The smallest absolute Gasteiger partial charge is 0.188 e. The standard InChI is InChI=1S/C14H25N5O.HI/c1-12(11-20-2)19-14(15)18-10-6-5-9-17-13-7-3-4-8-16-13;/h3-4,7-8,12H,5-6,9-11H2,1-2H3,(H,16,17)(H3,15,18,19);1H. The Bertz CT molecular complexity index is 388. The zero-order chi connectivity index (χ0) is 14.6. The molecule has 0 radical (unpaired) electrons. The highest BCUT2D eigenvalue weighted by Crippen LogP contribution is 2.00. The lowest BCUT2D eigenvalue weighted by Gasteiger charge is -2.13. The van der Waals surface area contributed by atoms with Gasteiger partial charge in [0.15, 0.2) is 5.96 Å². The summed E-state index contributed by atoms with van der Waals surface area (Å²) in [5.41, 5.74) is 5.77. The molecule has 1 unspecified atom stereocenters. The predicted octanol–water partition coefficient (Wildman–Crippen LogP) is 1.83. The van der Waals surface area contributed by atoms with Crippen molar-refractivity contribution in [2.45, 2.75) is 25.8 Å². The molecule has 0 aliphatic heterocycles. The molecule has 6 nitrogen and oxygen atoms in total. The van der Waals surface area contributed by atoms with Gasteiger partial charge >= 0.3 is 0 Å². The van der Waals surface area contributed by atoms with Crippen LogP contribution < -0.4 is 16.4 Å². The Hall–Kier alpha value is -1.09. The number of nitrogens with two attached hydrogens (primary N) is 1. The summed E-state index contributed by atoms with van der Waals surface area (Å²) in [6.07, 6.45) is 3.79. The van der Waals surface area contributed by atoms with Crippen LogP contribution in [0.1, 0.15) is 19.8 Å². The fraction of sp³-hybridized carbons (Fsp3) is 0.571. The number of unbranched alkanes of at least 4 members (excludes halogenated alkanes) is 1. The van der Waals surface area contributed by atoms with Gasteiger partial charge in [0.1, 0.15) is 5.82 Å². The molecule has 1 rings (SSSR count). The number of halogens is 1. The summed E-state index contributed by atoms with van der Waals surface area (Å²) in [5.74, 6) is 1.39. The minimum atomic E-state index is 0. The third-order valence-corrected chi connectivity index (χ3v) is 2.65. The third kappa shape index (κ3) is 10.3. The van der Waals surface area contributed by atoms with Crippen molar-refractivity contribution in [3.05, 3.63) is 24.4 Å². The first kappa shape index (κ1) is 19.9. The van der Waals surface area contributed by atoms with Crippen LogP contribution in [0.15, 0.2) is 29.4 Å². The molecule has 1 aromatic heterocycles. The number of ether oxygens (including phenoxy) is 1. The second kappa shape index (κ2) is 12.6. The second-order valence-electron chi connectivity index (χ2n) is 4.62. The molecule has 1 atom stereocenters. The summed E-state index contributed by atoms with van der Waals surface area (Å²) in [6, 6.07) is 6.00. The number of anilines is 1. The monoisotopic (exact) mass is 407 g/mol. The van der Waals surface area contributed by atoms with E-state index in [1.807, 2.05) is 25.1 Å². The number of aliphatic imine (C=N–C) groups is 1. The average Bonchev–Trinajstić information content (AvgIpc) is 2.44. The van der Waals surface area contributed by atoms with Gasteiger partial charge in [0.25, 0.3) is 0 Å². The van der Waals surface area contributed by atoms with Crippen LogP contribution >= 0.6 is 24.0 Å². The zero-order valence-electron chi connectivity index (χ0n) is 12.7. The molecule has 0 aliphatic carbocycles. The molecule has 21 heavy (non-hydrogen) atoms. The number of rotatable bonds is 9. The van der Waals surface area contributed by atoms with Crippen molar-refractivity contribution >= 4 is 35.8 Å². The van der Waals surface area contributed by atoms with Gasteiger partial charge in [-0.15, -0.1) is 24.0 Å². The summed E-state index contributed by atoms with van der Waals surface area (Å²) in [6.45, 7) is 4.23. The predicted molar refractivity (Wildman–Crippen MR) is 98.3 cm³/mol. The van der Waals surface area contributed by atoms with Gasteiger partial charge in [0.05, 0.1) is 6.61 Å². The lowest BCUT2D eigenvalue weighted by molar-refractivity contribution is 0.179. The fourth-order valence-corrected chi connectivity index (χ4v) is 1.71. The summed E-state index contributed by atoms with van der Waals surface area (Å²) >= 11 is 0. The van der Waals surface area contributed by atoms with E-state index in [0.717, 1.165) is 31.7 Å². The molecule has 0 spiro atoms. The highest BCUT2D eigenvalue weighted by atomic mass is 127. The van der Waals surface area contributed by atoms with Crippen molar-refractivity contribution in [2.75, 3.05) is 32.1 Å². The van der Waals surface area contributed by atoms with Gasteiger partial charge in [-0.3, -0.25) is 4.99 Å². The lowest BCUT2D eigenvalue weighted by atomic mass is 10.3. The van der Waals surface area contributed by atoms with Gasteiger partial charge < -0.3 is 21.1 Å². The lowest BCUT2D eigenvalue weighted by Crippen LogP contribution is -2.40. The van der Waals surface area contributed by atoms with E-state index >= 15 is 0 Å². The van der Waals surface area contributed by atoms with E-state index < -0.39 is 0 Å². The van der Waals surface area contributed by atoms with Crippen molar-refractivity contribution in [2.24, 2.45) is 10.7 Å². The number of hydrogen-bond acceptors (Lipinski definition) is 4. The van der Waals surface area contributed by atoms with Crippen LogP contribution in [-0.4, -0.2) is 43.8 Å². The molecule has 1 heterocycles. The highest BCUT2D eigenvalue weighted by molar-refractivity contribution is 14.0. The van der Waals surface area contributed by atoms with Crippen LogP contribution in [0.2, 0.25) is 0 Å². The summed E-state index contributed by atoms with van der Waals surface area (Å²) in [5, 5.41) is 6.33. The van der Waals surface area contributed by atoms with Crippen LogP contribution in [0, 0.1) is 0 Å². The minimum absolute atomic E-state index is 0. The first-order valence-corrected chi connectivity index (χ1v) is 6.92. The molecule has 4 N–H and O–H groups in total. The Labute approximate surface area is 144 Å². The van der Waals surface area contributed by atoms with E-state index in [2.05, 4.69) is 20.6 Å². The van der Waals surface area contributed by atoms with Crippen molar-refractivity contribution in [1.29, 1.82) is 0 Å². The number of guanidine groups is 1. The van der Waals surface area contributed by atoms with Gasteiger partial charge in [-0.2, -0.15) is 0 Å². The molecule has 0 aromatic carbocycles. The van der Waals surface area contributed by atoms with Crippen LogP contribution in [0.4, 0.5) is 5.82 Å². The van der Waals surface area contributed by atoms with Gasteiger partial charge in [-0.1, -0.05) is 6.07 Å². The normalized spacial score (nSPS) is 12.4. The first-order valence-electron chi connectivity index (χ1n) is 6.92. The van der Waals surface area contributed by atoms with Gasteiger partial charge in [0.2, 0.25) is 0 Å². The van der Waals surface area contributed by atoms with Crippen LogP contribution in [-0.2, 0) is 4.74 Å². The van der Waals surface area contributed by atoms with Crippen molar-refractivity contribution in [3.8, 4) is 0 Å². The third-order valence-electron chi connectivity index (χ3n) is 2.65. The van der Waals surface area contributed by atoms with Crippen molar-refractivity contribution in [3.63, 3.8) is 0 Å². The minimum Gasteiger partial charge on any atom is -0.383 e. The maximum atomic E-state index is 5.77. The molecule has 0 fully saturated rings. The second-order valence-corrected chi connectivity index (χ2v) is 4.62. The first-order chi connectivity index (χ1) is 9.72. The maximum absolute atomic E-state index is 5.77. The van der Waals surface area contributed by atoms with Gasteiger partial charge in [0, 0.05) is 32.4 Å². The van der Waals surface area contributed by atoms with Gasteiger partial charge in [-0.05, 0) is 31.9 Å². The average molecular weight is 407 g/mol. The number of aromatic nitrogens is 1. The number of hydrogen-bond donors (Lipinski definition) is 3. The molecular weight excluding hydrogens is 381 g/mol. The van der Waals surface area contributed by atoms with E-state index in [1.54, 1.807) is 13.3 Å².